The highest BCUT2D eigenvalue weighted by Gasteiger charge is 2.16. The molecule has 0 spiro atoms. The highest BCUT2D eigenvalue weighted by Crippen LogP contribution is 2.14. The van der Waals surface area contributed by atoms with Crippen molar-refractivity contribution in [1.82, 2.24) is 19.7 Å². The molecule has 0 aliphatic heterocycles. The van der Waals surface area contributed by atoms with Crippen LogP contribution in [-0.4, -0.2) is 31.4 Å². The number of rotatable bonds is 3. The van der Waals surface area contributed by atoms with Gasteiger partial charge in [-0.15, -0.1) is 0 Å². The Balaban J connectivity index is 2.32. The van der Waals surface area contributed by atoms with Gasteiger partial charge in [0, 0.05) is 19.4 Å². The van der Waals surface area contributed by atoms with Gasteiger partial charge in [0.05, 0.1) is 6.61 Å². The van der Waals surface area contributed by atoms with Gasteiger partial charge in [-0.2, -0.15) is 4.98 Å². The van der Waals surface area contributed by atoms with E-state index in [2.05, 4.69) is 15.1 Å². The Labute approximate surface area is 85.5 Å². The molecular formula is C8H11N5O2. The molecule has 2 aromatic rings. The fraction of sp³-hybridized carbons (Fsp3) is 0.375. The minimum Gasteiger partial charge on any atom is -0.394 e. The van der Waals surface area contributed by atoms with E-state index in [9.17, 15) is 0 Å². The van der Waals surface area contributed by atoms with Gasteiger partial charge >= 0.3 is 0 Å². The minimum absolute atomic E-state index is 0.204. The molecule has 1 unspecified atom stereocenters. The Morgan fingerprint density at radius 3 is 3.07 bits per heavy atom. The Morgan fingerprint density at radius 1 is 1.67 bits per heavy atom. The van der Waals surface area contributed by atoms with Crippen LogP contribution in [0.2, 0.25) is 0 Å². The molecular weight excluding hydrogens is 198 g/mol. The second kappa shape index (κ2) is 3.79. The summed E-state index contributed by atoms with van der Waals surface area (Å²) in [6.45, 7) is -0.234. The van der Waals surface area contributed by atoms with Crippen LogP contribution in [0, 0.1) is 0 Å². The van der Waals surface area contributed by atoms with Gasteiger partial charge in [0.15, 0.2) is 5.82 Å². The fourth-order valence-electron chi connectivity index (χ4n) is 1.14. The van der Waals surface area contributed by atoms with Crippen LogP contribution in [0.3, 0.4) is 0 Å². The standard InChI is InChI=1S/C8H11N5O2/c1-13-3-2-10-7(13)6-11-8(15-12-6)5(9)4-14/h2-3,5,14H,4,9H2,1H3. The van der Waals surface area contributed by atoms with E-state index in [1.54, 1.807) is 17.0 Å². The summed E-state index contributed by atoms with van der Waals surface area (Å²) in [5.74, 6) is 1.16. The molecule has 0 fully saturated rings. The quantitative estimate of drug-likeness (QED) is 0.703. The summed E-state index contributed by atoms with van der Waals surface area (Å²) in [5.41, 5.74) is 5.53. The van der Waals surface area contributed by atoms with Crippen LogP contribution < -0.4 is 5.73 Å². The first-order chi connectivity index (χ1) is 7.22. The van der Waals surface area contributed by atoms with Gasteiger partial charge in [0.2, 0.25) is 11.7 Å². The van der Waals surface area contributed by atoms with Gasteiger partial charge in [-0.1, -0.05) is 5.16 Å². The highest BCUT2D eigenvalue weighted by molar-refractivity contribution is 5.42. The number of nitrogens with zero attached hydrogens (tertiary/aromatic N) is 4. The lowest BCUT2D eigenvalue weighted by atomic mass is 10.3. The third-order valence-electron chi connectivity index (χ3n) is 1.98. The van der Waals surface area contributed by atoms with E-state index in [1.165, 1.54) is 0 Å². The van der Waals surface area contributed by atoms with Crippen LogP contribution >= 0.6 is 0 Å². The number of hydrogen-bond donors (Lipinski definition) is 2. The van der Waals surface area contributed by atoms with Crippen molar-refractivity contribution in [3.63, 3.8) is 0 Å². The topological polar surface area (TPSA) is 103 Å². The van der Waals surface area contributed by atoms with Gasteiger partial charge in [-0.25, -0.2) is 4.98 Å². The molecule has 0 saturated heterocycles. The molecule has 15 heavy (non-hydrogen) atoms. The first-order valence-corrected chi connectivity index (χ1v) is 4.40. The van der Waals surface area contributed by atoms with E-state index in [0.717, 1.165) is 0 Å². The van der Waals surface area contributed by atoms with Crippen molar-refractivity contribution in [2.75, 3.05) is 6.61 Å². The van der Waals surface area contributed by atoms with Gasteiger partial charge in [0.1, 0.15) is 6.04 Å². The van der Waals surface area contributed by atoms with Crippen molar-refractivity contribution in [2.24, 2.45) is 12.8 Å². The van der Waals surface area contributed by atoms with Crippen molar-refractivity contribution < 1.29 is 9.63 Å². The van der Waals surface area contributed by atoms with Crippen LogP contribution in [0.1, 0.15) is 11.9 Å². The minimum atomic E-state index is -0.647. The number of nitrogens with two attached hydrogens (primary N) is 1. The molecule has 7 heteroatoms. The second-order valence-corrected chi connectivity index (χ2v) is 3.11. The van der Waals surface area contributed by atoms with Crippen LogP contribution in [0.5, 0.6) is 0 Å². The lowest BCUT2D eigenvalue weighted by Gasteiger charge is -1.98. The lowest BCUT2D eigenvalue weighted by molar-refractivity contribution is 0.237. The van der Waals surface area contributed by atoms with E-state index in [0.29, 0.717) is 11.6 Å². The Kier molecular flexibility index (Phi) is 2.48. The molecule has 0 radical (unpaired) electrons. The number of hydrogen-bond acceptors (Lipinski definition) is 6. The zero-order valence-electron chi connectivity index (χ0n) is 8.16. The third-order valence-corrected chi connectivity index (χ3v) is 1.98. The average Bonchev–Trinajstić information content (AvgIpc) is 2.84. The number of imidazole rings is 1. The summed E-state index contributed by atoms with van der Waals surface area (Å²) < 4.78 is 6.66. The highest BCUT2D eigenvalue weighted by atomic mass is 16.5. The summed E-state index contributed by atoms with van der Waals surface area (Å²) in [5, 5.41) is 12.5. The second-order valence-electron chi connectivity index (χ2n) is 3.11. The van der Waals surface area contributed by atoms with Gasteiger partial charge in [-0.3, -0.25) is 0 Å². The smallest absolute Gasteiger partial charge is 0.246 e. The molecule has 0 saturated carbocycles. The van der Waals surface area contributed by atoms with Gasteiger partial charge in [-0.05, 0) is 0 Å². The van der Waals surface area contributed by atoms with Gasteiger partial charge in [0.25, 0.3) is 0 Å². The predicted molar refractivity (Wildman–Crippen MR) is 50.5 cm³/mol. The summed E-state index contributed by atoms with van der Waals surface area (Å²) >= 11 is 0. The maximum Gasteiger partial charge on any atom is 0.246 e. The molecule has 0 amide bonds. The average molecular weight is 209 g/mol. The van der Waals surface area contributed by atoms with Crippen LogP contribution in [0.15, 0.2) is 16.9 Å². The third kappa shape index (κ3) is 1.74. The Hall–Kier alpha value is -1.73. The largest absolute Gasteiger partial charge is 0.394 e. The van der Waals surface area contributed by atoms with Crippen LogP contribution in [0.4, 0.5) is 0 Å². The van der Waals surface area contributed by atoms with E-state index >= 15 is 0 Å². The number of aryl methyl sites for hydroxylation is 1. The Morgan fingerprint density at radius 2 is 2.47 bits per heavy atom. The Bertz CT molecular complexity index is 449. The van der Waals surface area contributed by atoms with Crippen molar-refractivity contribution in [3.05, 3.63) is 18.3 Å². The molecule has 0 aliphatic rings. The van der Waals surface area contributed by atoms with E-state index in [4.69, 9.17) is 15.4 Å². The van der Waals surface area contributed by atoms with Gasteiger partial charge < -0.3 is 19.9 Å². The molecule has 1 atom stereocenters. The number of aliphatic hydroxyl groups excluding tert-OH is 1. The normalized spacial score (nSPS) is 13.0. The van der Waals surface area contributed by atoms with Crippen molar-refractivity contribution in [3.8, 4) is 11.6 Å². The monoisotopic (exact) mass is 209 g/mol. The fourth-order valence-corrected chi connectivity index (χ4v) is 1.14. The zero-order valence-corrected chi connectivity index (χ0v) is 8.16. The van der Waals surface area contributed by atoms with Crippen LogP contribution in [0.25, 0.3) is 11.6 Å². The molecule has 2 aromatic heterocycles. The summed E-state index contributed by atoms with van der Waals surface area (Å²) in [4.78, 5) is 8.10. The van der Waals surface area contributed by atoms with Crippen LogP contribution in [-0.2, 0) is 7.05 Å². The van der Waals surface area contributed by atoms with E-state index < -0.39 is 6.04 Å². The van der Waals surface area contributed by atoms with Crippen molar-refractivity contribution >= 4 is 0 Å². The molecule has 7 nitrogen and oxygen atoms in total. The molecule has 80 valence electrons. The summed E-state index contributed by atoms with van der Waals surface area (Å²) in [6, 6.07) is -0.647. The SMILES string of the molecule is Cn1ccnc1-c1noc(C(N)CO)n1. The number of aromatic nitrogens is 4. The summed E-state index contributed by atoms with van der Waals surface area (Å²) in [7, 11) is 1.82. The van der Waals surface area contributed by atoms with Crippen molar-refractivity contribution in [1.29, 1.82) is 0 Å². The zero-order chi connectivity index (χ0) is 10.8. The lowest BCUT2D eigenvalue weighted by Crippen LogP contribution is -2.14. The number of aliphatic hydroxyl groups is 1. The summed E-state index contributed by atoms with van der Waals surface area (Å²) in [6.07, 6.45) is 3.41. The first kappa shape index (κ1) is 9.81. The molecule has 3 N–H and O–H groups in total. The maximum atomic E-state index is 8.81. The van der Waals surface area contributed by atoms with E-state index in [1.807, 2.05) is 7.05 Å². The van der Waals surface area contributed by atoms with Crippen molar-refractivity contribution in [2.45, 2.75) is 6.04 Å². The maximum absolute atomic E-state index is 8.81. The molecule has 0 bridgehead atoms. The molecule has 0 aliphatic carbocycles. The molecule has 2 heterocycles. The molecule has 0 aromatic carbocycles. The first-order valence-electron chi connectivity index (χ1n) is 4.40. The predicted octanol–water partition coefficient (Wildman–Crippen LogP) is -0.538. The molecule has 2 rings (SSSR count). The van der Waals surface area contributed by atoms with E-state index in [-0.39, 0.29) is 12.5 Å².